The Hall–Kier alpha value is -2.77. The molecule has 2 rings (SSSR count). The molecule has 0 radical (unpaired) electrons. The number of carbonyl (C=O) groups is 1. The normalized spacial score (nSPS) is 17.1. The van der Waals surface area contributed by atoms with Crippen LogP contribution in [0.25, 0.3) is 0 Å². The molecule has 0 aromatic heterocycles. The zero-order valence-corrected chi connectivity index (χ0v) is 14.6. The van der Waals surface area contributed by atoms with Crippen molar-refractivity contribution >= 4 is 17.3 Å². The highest BCUT2D eigenvalue weighted by Gasteiger charge is 2.31. The Morgan fingerprint density at radius 3 is 2.15 bits per heavy atom. The van der Waals surface area contributed by atoms with E-state index in [1.807, 2.05) is 6.92 Å². The highest BCUT2D eigenvalue weighted by molar-refractivity contribution is 5.91. The van der Waals surface area contributed by atoms with Crippen LogP contribution in [-0.2, 0) is 4.74 Å². The monoisotopic (exact) mass is 362 g/mol. The molecule has 1 fully saturated rings. The minimum absolute atomic E-state index is 0.0873. The lowest BCUT2D eigenvalue weighted by Gasteiger charge is -2.32. The van der Waals surface area contributed by atoms with Crippen LogP contribution in [0, 0.1) is 32.1 Å². The van der Waals surface area contributed by atoms with Gasteiger partial charge in [0.2, 0.25) is 0 Å². The molecule has 1 aromatic rings. The number of esters is 1. The summed E-state index contributed by atoms with van der Waals surface area (Å²) in [6.07, 6.45) is 6.45. The van der Waals surface area contributed by atoms with Gasteiger partial charge in [-0.15, -0.1) is 6.58 Å². The zero-order chi connectivity index (χ0) is 19.3. The molecule has 0 aliphatic heterocycles. The molecule has 0 amide bonds. The van der Waals surface area contributed by atoms with Gasteiger partial charge in [-0.1, -0.05) is 32.3 Å². The summed E-state index contributed by atoms with van der Waals surface area (Å²) in [5.74, 6) is -0.689. The second-order valence-electron chi connectivity index (χ2n) is 6.62. The van der Waals surface area contributed by atoms with Gasteiger partial charge in [0.25, 0.3) is 11.4 Å². The average Bonchev–Trinajstić information content (AvgIpc) is 2.65. The third kappa shape index (κ3) is 4.65. The Kier molecular flexibility index (Phi) is 6.43. The number of non-ortho nitro benzene ring substituents is 2. The van der Waals surface area contributed by atoms with Gasteiger partial charge in [0.05, 0.1) is 21.5 Å². The molecule has 140 valence electrons. The Morgan fingerprint density at radius 2 is 1.69 bits per heavy atom. The quantitative estimate of drug-likeness (QED) is 0.307. The maximum Gasteiger partial charge on any atom is 0.338 e. The lowest BCUT2D eigenvalue weighted by Crippen LogP contribution is -2.33. The van der Waals surface area contributed by atoms with Crippen molar-refractivity contribution in [3.8, 4) is 0 Å². The van der Waals surface area contributed by atoms with Crippen molar-refractivity contribution in [3.05, 3.63) is 56.6 Å². The van der Waals surface area contributed by atoms with E-state index in [4.69, 9.17) is 4.74 Å². The lowest BCUT2D eigenvalue weighted by atomic mass is 9.81. The Bertz CT molecular complexity index is 679. The van der Waals surface area contributed by atoms with Crippen LogP contribution in [0.3, 0.4) is 0 Å². The van der Waals surface area contributed by atoms with Crippen LogP contribution >= 0.6 is 0 Å². The van der Waals surface area contributed by atoms with Gasteiger partial charge < -0.3 is 4.74 Å². The number of nitrogens with zero attached hydrogens (tertiary/aromatic N) is 2. The van der Waals surface area contributed by atoms with Crippen LogP contribution < -0.4 is 0 Å². The number of benzene rings is 1. The summed E-state index contributed by atoms with van der Waals surface area (Å²) in [5.41, 5.74) is -1.22. The molecule has 0 N–H and O–H groups in total. The molecule has 0 heterocycles. The minimum atomic E-state index is -0.791. The number of nitro groups is 2. The van der Waals surface area contributed by atoms with E-state index in [-0.39, 0.29) is 17.4 Å². The van der Waals surface area contributed by atoms with E-state index < -0.39 is 33.3 Å². The predicted molar refractivity (Wildman–Crippen MR) is 94.9 cm³/mol. The molecule has 0 saturated heterocycles. The van der Waals surface area contributed by atoms with E-state index in [9.17, 15) is 25.0 Å². The highest BCUT2D eigenvalue weighted by Crippen LogP contribution is 2.33. The molecular formula is C18H22N2O6. The first-order valence-electron chi connectivity index (χ1n) is 8.61. The van der Waals surface area contributed by atoms with Crippen LogP contribution in [0.5, 0.6) is 0 Å². The minimum Gasteiger partial charge on any atom is -0.458 e. The topological polar surface area (TPSA) is 113 Å². The number of hydrogen-bond acceptors (Lipinski definition) is 6. The van der Waals surface area contributed by atoms with E-state index >= 15 is 0 Å². The summed E-state index contributed by atoms with van der Waals surface area (Å²) in [6, 6.07) is 2.83. The van der Waals surface area contributed by atoms with Crippen molar-refractivity contribution in [2.24, 2.45) is 11.8 Å². The fourth-order valence-corrected chi connectivity index (χ4v) is 3.35. The molecule has 0 unspecified atom stereocenters. The molecule has 1 aromatic carbocycles. The highest BCUT2D eigenvalue weighted by atomic mass is 16.6. The van der Waals surface area contributed by atoms with E-state index in [0.717, 1.165) is 50.3 Å². The third-order valence-electron chi connectivity index (χ3n) is 4.81. The predicted octanol–water partition coefficient (Wildman–Crippen LogP) is 4.43. The number of carbonyl (C=O) groups excluding carboxylic acids is 1. The van der Waals surface area contributed by atoms with E-state index in [1.54, 1.807) is 6.08 Å². The third-order valence-corrected chi connectivity index (χ3v) is 4.81. The van der Waals surface area contributed by atoms with Gasteiger partial charge in [-0.25, -0.2) is 4.79 Å². The first-order chi connectivity index (χ1) is 12.3. The average molecular weight is 362 g/mol. The van der Waals surface area contributed by atoms with Crippen LogP contribution in [0.15, 0.2) is 30.9 Å². The summed E-state index contributed by atoms with van der Waals surface area (Å²) < 4.78 is 5.64. The summed E-state index contributed by atoms with van der Waals surface area (Å²) in [6.45, 7) is 5.66. The zero-order valence-electron chi connectivity index (χ0n) is 14.6. The van der Waals surface area contributed by atoms with Gasteiger partial charge in [-0.3, -0.25) is 20.2 Å². The summed E-state index contributed by atoms with van der Waals surface area (Å²) in [5, 5.41) is 22.0. The molecule has 2 atom stereocenters. The van der Waals surface area contributed by atoms with Gasteiger partial charge in [-0.05, 0) is 18.8 Å². The molecule has 8 heteroatoms. The van der Waals surface area contributed by atoms with Gasteiger partial charge in [0.15, 0.2) is 0 Å². The number of hydrogen-bond donors (Lipinski definition) is 0. The molecule has 26 heavy (non-hydrogen) atoms. The van der Waals surface area contributed by atoms with Crippen molar-refractivity contribution in [2.45, 2.75) is 45.1 Å². The standard InChI is InChI=1S/C18H22N2O6/c1-3-12(2)17(13-7-5-4-6-8-13)26-18(21)14-9-15(19(22)23)11-16(10-14)20(24)25/h3,9-13,17H,1,4-8H2,2H3/t12-,17-/m1/s1. The second kappa shape index (κ2) is 8.55. The maximum atomic E-state index is 12.6. The van der Waals surface area contributed by atoms with E-state index in [0.29, 0.717) is 0 Å². The summed E-state index contributed by atoms with van der Waals surface area (Å²) in [7, 11) is 0. The van der Waals surface area contributed by atoms with Gasteiger partial charge in [-0.2, -0.15) is 0 Å². The second-order valence-corrected chi connectivity index (χ2v) is 6.62. The van der Waals surface area contributed by atoms with Crippen molar-refractivity contribution in [1.29, 1.82) is 0 Å². The van der Waals surface area contributed by atoms with Crippen molar-refractivity contribution in [3.63, 3.8) is 0 Å². The maximum absolute atomic E-state index is 12.6. The Morgan fingerprint density at radius 1 is 1.15 bits per heavy atom. The van der Waals surface area contributed by atoms with Gasteiger partial charge in [0.1, 0.15) is 6.10 Å². The smallest absolute Gasteiger partial charge is 0.338 e. The van der Waals surface area contributed by atoms with Crippen molar-refractivity contribution in [2.75, 3.05) is 0 Å². The summed E-state index contributed by atoms with van der Waals surface area (Å²) >= 11 is 0. The molecule has 0 bridgehead atoms. The van der Waals surface area contributed by atoms with E-state index in [2.05, 4.69) is 6.58 Å². The molecule has 1 aliphatic carbocycles. The number of nitro benzene ring substituents is 2. The molecule has 8 nitrogen and oxygen atoms in total. The first kappa shape index (κ1) is 19.6. The molecule has 1 saturated carbocycles. The van der Waals surface area contributed by atoms with E-state index in [1.165, 1.54) is 0 Å². The Labute approximate surface area is 151 Å². The Balaban J connectivity index is 2.29. The first-order valence-corrected chi connectivity index (χ1v) is 8.61. The van der Waals surface area contributed by atoms with Gasteiger partial charge in [0, 0.05) is 18.1 Å². The van der Waals surface area contributed by atoms with Crippen LogP contribution in [0.1, 0.15) is 49.4 Å². The largest absolute Gasteiger partial charge is 0.458 e. The molecule has 0 spiro atoms. The fourth-order valence-electron chi connectivity index (χ4n) is 3.35. The van der Waals surface area contributed by atoms with Gasteiger partial charge >= 0.3 is 5.97 Å². The van der Waals surface area contributed by atoms with Crippen molar-refractivity contribution < 1.29 is 19.4 Å². The molecular weight excluding hydrogens is 340 g/mol. The SMILES string of the molecule is C=C[C@@H](C)[C@@H](OC(=O)c1cc([N+](=O)[O-])cc([N+](=O)[O-])c1)C1CCCCC1. The fraction of sp³-hybridized carbons (Fsp3) is 0.500. The van der Waals surface area contributed by atoms with Crippen LogP contribution in [0.4, 0.5) is 11.4 Å². The number of ether oxygens (including phenoxy) is 1. The lowest BCUT2D eigenvalue weighted by molar-refractivity contribution is -0.394. The van der Waals surface area contributed by atoms with Crippen LogP contribution in [0.2, 0.25) is 0 Å². The van der Waals surface area contributed by atoms with Crippen LogP contribution in [-0.4, -0.2) is 21.9 Å². The summed E-state index contributed by atoms with van der Waals surface area (Å²) in [4.78, 5) is 33.0. The molecule has 1 aliphatic rings. The number of rotatable bonds is 7. The van der Waals surface area contributed by atoms with Crippen molar-refractivity contribution in [1.82, 2.24) is 0 Å².